The van der Waals surface area contributed by atoms with Crippen molar-refractivity contribution < 1.29 is 22.0 Å². The summed E-state index contributed by atoms with van der Waals surface area (Å²) in [4.78, 5) is 11.6. The number of hydrogen-bond acceptors (Lipinski definition) is 3. The number of benzene rings is 1. The Morgan fingerprint density at radius 1 is 1.26 bits per heavy atom. The van der Waals surface area contributed by atoms with Crippen molar-refractivity contribution in [3.63, 3.8) is 0 Å². The van der Waals surface area contributed by atoms with E-state index in [0.29, 0.717) is 6.07 Å². The molecule has 3 unspecified atom stereocenters. The molecule has 1 amide bonds. The Morgan fingerprint density at radius 2 is 1.91 bits per heavy atom. The van der Waals surface area contributed by atoms with Gasteiger partial charge in [-0.2, -0.15) is 0 Å². The Labute approximate surface area is 135 Å². The number of sulfone groups is 1. The fourth-order valence-corrected chi connectivity index (χ4v) is 4.19. The molecule has 23 heavy (non-hydrogen) atoms. The summed E-state index contributed by atoms with van der Waals surface area (Å²) >= 11 is 0. The van der Waals surface area contributed by atoms with Crippen LogP contribution in [0.25, 0.3) is 0 Å². The van der Waals surface area contributed by atoms with Crippen LogP contribution in [0, 0.1) is 17.6 Å². The van der Waals surface area contributed by atoms with Crippen molar-refractivity contribution in [3.05, 3.63) is 29.8 Å². The fourth-order valence-electron chi connectivity index (χ4n) is 2.87. The standard InChI is InChI=1S/C16H21F2NO3S/c1-10-5-3-4-6-14(10)19-16(20)11(2)23(21,22)15-8-7-12(17)9-13(15)18/h7-11,14H,3-6H2,1-2H3,(H,19,20). The average Bonchev–Trinajstić information content (AvgIpc) is 2.48. The first-order chi connectivity index (χ1) is 10.7. The number of halogens is 2. The van der Waals surface area contributed by atoms with Gasteiger partial charge >= 0.3 is 0 Å². The van der Waals surface area contributed by atoms with Crippen LogP contribution in [0.2, 0.25) is 0 Å². The van der Waals surface area contributed by atoms with Gasteiger partial charge in [-0.1, -0.05) is 19.8 Å². The zero-order valence-electron chi connectivity index (χ0n) is 13.2. The molecule has 0 radical (unpaired) electrons. The normalized spacial score (nSPS) is 23.3. The predicted molar refractivity (Wildman–Crippen MR) is 82.6 cm³/mol. The Bertz CT molecular complexity index is 691. The van der Waals surface area contributed by atoms with Crippen molar-refractivity contribution in [2.75, 3.05) is 0 Å². The summed E-state index contributed by atoms with van der Waals surface area (Å²) in [6, 6.07) is 2.16. The summed E-state index contributed by atoms with van der Waals surface area (Å²) in [7, 11) is -4.21. The molecular weight excluding hydrogens is 324 g/mol. The Morgan fingerprint density at radius 3 is 2.52 bits per heavy atom. The topological polar surface area (TPSA) is 63.2 Å². The molecule has 0 spiro atoms. The van der Waals surface area contributed by atoms with Crippen LogP contribution in [0.3, 0.4) is 0 Å². The second kappa shape index (κ2) is 6.95. The number of nitrogens with one attached hydrogen (secondary N) is 1. The second-order valence-electron chi connectivity index (χ2n) is 6.14. The number of amides is 1. The molecule has 1 N–H and O–H groups in total. The molecule has 0 heterocycles. The molecule has 7 heteroatoms. The van der Waals surface area contributed by atoms with Gasteiger partial charge in [-0.25, -0.2) is 17.2 Å². The van der Waals surface area contributed by atoms with Crippen LogP contribution in [0.1, 0.15) is 39.5 Å². The Kier molecular flexibility index (Phi) is 5.39. The first kappa shape index (κ1) is 17.8. The maximum atomic E-state index is 13.7. The van der Waals surface area contributed by atoms with Crippen LogP contribution in [0.15, 0.2) is 23.1 Å². The van der Waals surface area contributed by atoms with E-state index in [2.05, 4.69) is 5.32 Å². The molecule has 4 nitrogen and oxygen atoms in total. The average molecular weight is 345 g/mol. The van der Waals surface area contributed by atoms with E-state index in [-0.39, 0.29) is 12.0 Å². The van der Waals surface area contributed by atoms with Gasteiger partial charge in [0.15, 0.2) is 9.84 Å². The molecule has 0 saturated heterocycles. The van der Waals surface area contributed by atoms with Crippen LogP contribution >= 0.6 is 0 Å². The smallest absolute Gasteiger partial charge is 0.238 e. The van der Waals surface area contributed by atoms with E-state index in [9.17, 15) is 22.0 Å². The zero-order valence-corrected chi connectivity index (χ0v) is 14.0. The molecule has 0 bridgehead atoms. The lowest BCUT2D eigenvalue weighted by Gasteiger charge is -2.30. The van der Waals surface area contributed by atoms with E-state index in [1.54, 1.807) is 0 Å². The van der Waals surface area contributed by atoms with Gasteiger partial charge < -0.3 is 5.32 Å². The van der Waals surface area contributed by atoms with E-state index < -0.39 is 37.5 Å². The third-order valence-corrected chi connectivity index (χ3v) is 6.56. The molecule has 128 valence electrons. The van der Waals surface area contributed by atoms with Crippen molar-refractivity contribution >= 4 is 15.7 Å². The fraction of sp³-hybridized carbons (Fsp3) is 0.562. The van der Waals surface area contributed by atoms with Gasteiger partial charge in [-0.3, -0.25) is 4.79 Å². The van der Waals surface area contributed by atoms with Gasteiger partial charge in [-0.15, -0.1) is 0 Å². The zero-order chi connectivity index (χ0) is 17.2. The lowest BCUT2D eigenvalue weighted by atomic mass is 9.86. The summed E-state index contributed by atoms with van der Waals surface area (Å²) in [5, 5.41) is 1.33. The molecule has 3 atom stereocenters. The minimum atomic E-state index is -4.21. The quantitative estimate of drug-likeness (QED) is 0.854. The van der Waals surface area contributed by atoms with E-state index in [4.69, 9.17) is 0 Å². The molecule has 0 aromatic heterocycles. The number of rotatable bonds is 4. The third-order valence-electron chi connectivity index (χ3n) is 4.47. The molecular formula is C16H21F2NO3S. The van der Waals surface area contributed by atoms with Gasteiger partial charge in [0, 0.05) is 12.1 Å². The minimum absolute atomic E-state index is 0.0630. The molecule has 0 aliphatic heterocycles. The van der Waals surface area contributed by atoms with Crippen LogP contribution in [0.4, 0.5) is 8.78 Å². The van der Waals surface area contributed by atoms with E-state index in [1.165, 1.54) is 6.92 Å². The van der Waals surface area contributed by atoms with E-state index in [0.717, 1.165) is 37.8 Å². The SMILES string of the molecule is CC1CCCCC1NC(=O)C(C)S(=O)(=O)c1ccc(F)cc1F. The Hall–Kier alpha value is -1.50. The predicted octanol–water partition coefficient (Wildman–Crippen LogP) is 2.82. The molecule has 1 aromatic rings. The summed E-state index contributed by atoms with van der Waals surface area (Å²) in [6.07, 6.45) is 3.88. The highest BCUT2D eigenvalue weighted by Crippen LogP contribution is 2.25. The highest BCUT2D eigenvalue weighted by Gasteiger charge is 2.34. The van der Waals surface area contributed by atoms with Crippen LogP contribution < -0.4 is 5.32 Å². The van der Waals surface area contributed by atoms with E-state index in [1.807, 2.05) is 6.92 Å². The first-order valence-electron chi connectivity index (χ1n) is 7.73. The molecule has 1 aliphatic carbocycles. The number of carbonyl (C=O) groups excluding carboxylic acids is 1. The largest absolute Gasteiger partial charge is 0.352 e. The third kappa shape index (κ3) is 3.88. The van der Waals surface area contributed by atoms with Gasteiger partial charge in [0.2, 0.25) is 5.91 Å². The maximum absolute atomic E-state index is 13.7. The first-order valence-corrected chi connectivity index (χ1v) is 9.27. The van der Waals surface area contributed by atoms with Crippen molar-refractivity contribution in [1.29, 1.82) is 0 Å². The lowest BCUT2D eigenvalue weighted by molar-refractivity contribution is -0.121. The summed E-state index contributed by atoms with van der Waals surface area (Å²) in [5.74, 6) is -2.41. The molecule has 1 fully saturated rings. The summed E-state index contributed by atoms with van der Waals surface area (Å²) < 4.78 is 51.5. The highest BCUT2D eigenvalue weighted by molar-refractivity contribution is 7.92. The van der Waals surface area contributed by atoms with Crippen LogP contribution in [-0.4, -0.2) is 25.6 Å². The van der Waals surface area contributed by atoms with Gasteiger partial charge in [0.25, 0.3) is 0 Å². The molecule has 1 saturated carbocycles. The minimum Gasteiger partial charge on any atom is -0.352 e. The van der Waals surface area contributed by atoms with Gasteiger partial charge in [0.05, 0.1) is 0 Å². The maximum Gasteiger partial charge on any atom is 0.238 e. The Balaban J connectivity index is 2.17. The van der Waals surface area contributed by atoms with Gasteiger partial charge in [-0.05, 0) is 37.8 Å². The van der Waals surface area contributed by atoms with Gasteiger partial charge in [0.1, 0.15) is 21.8 Å². The lowest BCUT2D eigenvalue weighted by Crippen LogP contribution is -2.47. The van der Waals surface area contributed by atoms with Crippen molar-refractivity contribution in [2.45, 2.75) is 55.7 Å². The molecule has 1 aliphatic rings. The van der Waals surface area contributed by atoms with Crippen molar-refractivity contribution in [3.8, 4) is 0 Å². The van der Waals surface area contributed by atoms with Crippen LogP contribution in [0.5, 0.6) is 0 Å². The van der Waals surface area contributed by atoms with E-state index >= 15 is 0 Å². The van der Waals surface area contributed by atoms with Crippen LogP contribution in [-0.2, 0) is 14.6 Å². The number of hydrogen-bond donors (Lipinski definition) is 1. The van der Waals surface area contributed by atoms with Crippen molar-refractivity contribution in [1.82, 2.24) is 5.32 Å². The van der Waals surface area contributed by atoms with Crippen molar-refractivity contribution in [2.24, 2.45) is 5.92 Å². The summed E-state index contributed by atoms with van der Waals surface area (Å²) in [6.45, 7) is 3.24. The molecule has 2 rings (SSSR count). The highest BCUT2D eigenvalue weighted by atomic mass is 32.2. The molecule has 1 aromatic carbocycles. The monoisotopic (exact) mass is 345 g/mol. The second-order valence-corrected chi connectivity index (χ2v) is 8.38. The number of carbonyl (C=O) groups is 1. The summed E-state index contributed by atoms with van der Waals surface area (Å²) in [5.41, 5.74) is 0.